The normalized spacial score (nSPS) is 55.3. The molecule has 0 aromatic carbocycles. The van der Waals surface area contributed by atoms with Crippen LogP contribution in [0.4, 0.5) is 8.78 Å². The van der Waals surface area contributed by atoms with Crippen molar-refractivity contribution in [3.05, 3.63) is 23.7 Å². The molecule has 4 aliphatic rings. The molecule has 0 aliphatic heterocycles. The average molecular weight is 324 g/mol. The second-order valence-electron chi connectivity index (χ2n) is 8.71. The van der Waals surface area contributed by atoms with Crippen LogP contribution in [0.3, 0.4) is 0 Å². The van der Waals surface area contributed by atoms with E-state index in [9.17, 15) is 14.6 Å². The molecule has 0 spiro atoms. The summed E-state index contributed by atoms with van der Waals surface area (Å²) in [7, 11) is 0. The summed E-state index contributed by atoms with van der Waals surface area (Å²) in [5, 5.41) is 20.6. The van der Waals surface area contributed by atoms with Gasteiger partial charge in [-0.15, -0.1) is 0 Å². The van der Waals surface area contributed by atoms with E-state index in [0.29, 0.717) is 38.5 Å². The topological polar surface area (TPSA) is 40.5 Å². The van der Waals surface area contributed by atoms with E-state index in [4.69, 9.17) is 0 Å². The molecule has 0 amide bonds. The van der Waals surface area contributed by atoms with Crippen LogP contribution in [-0.2, 0) is 0 Å². The zero-order valence-electron chi connectivity index (χ0n) is 13.9. The molecule has 4 heteroatoms. The Kier molecular flexibility index (Phi) is 3.04. The summed E-state index contributed by atoms with van der Waals surface area (Å²) >= 11 is 0. The highest BCUT2D eigenvalue weighted by molar-refractivity contribution is 5.32. The summed E-state index contributed by atoms with van der Waals surface area (Å²) < 4.78 is 30.5. The second kappa shape index (κ2) is 4.52. The quantitative estimate of drug-likeness (QED) is 0.603. The first-order chi connectivity index (χ1) is 10.7. The Balaban J connectivity index is 1.83. The van der Waals surface area contributed by atoms with Crippen molar-refractivity contribution >= 4 is 0 Å². The zero-order chi connectivity index (χ0) is 16.6. The fourth-order valence-electron chi connectivity index (χ4n) is 6.24. The minimum Gasteiger partial charge on any atom is -0.509 e. The van der Waals surface area contributed by atoms with E-state index >= 15 is 4.39 Å². The molecule has 0 aromatic rings. The first kappa shape index (κ1) is 15.5. The predicted molar refractivity (Wildman–Crippen MR) is 84.5 cm³/mol. The molecule has 23 heavy (non-hydrogen) atoms. The SMILES string of the molecule is C[C@]12CC[C@]3(F)[C@@H](C=CC4CCC(O)=C(O)[C@@]43C)[C@@H]1C[C@@H](F)C2. The lowest BCUT2D eigenvalue weighted by atomic mass is 9.46. The van der Waals surface area contributed by atoms with E-state index in [-0.39, 0.29) is 34.7 Å². The largest absolute Gasteiger partial charge is 0.509 e. The number of aliphatic hydroxyl groups excluding tert-OH is 2. The predicted octanol–water partition coefficient (Wildman–Crippen LogP) is 5.17. The molecule has 7 atom stereocenters. The van der Waals surface area contributed by atoms with Crippen LogP contribution in [0.15, 0.2) is 23.7 Å². The van der Waals surface area contributed by atoms with E-state index in [1.165, 1.54) is 0 Å². The number of hydrogen-bond donors (Lipinski definition) is 2. The van der Waals surface area contributed by atoms with Crippen LogP contribution in [0, 0.1) is 28.6 Å². The van der Waals surface area contributed by atoms with Gasteiger partial charge in [0.15, 0.2) is 0 Å². The van der Waals surface area contributed by atoms with Gasteiger partial charge in [0.1, 0.15) is 23.4 Å². The Hall–Kier alpha value is -1.06. The van der Waals surface area contributed by atoms with Crippen LogP contribution in [0.5, 0.6) is 0 Å². The smallest absolute Gasteiger partial charge is 0.139 e. The number of halogens is 2. The average Bonchev–Trinajstić information content (AvgIpc) is 2.80. The molecule has 2 fully saturated rings. The van der Waals surface area contributed by atoms with Crippen molar-refractivity contribution in [1.29, 1.82) is 0 Å². The van der Waals surface area contributed by atoms with Gasteiger partial charge in [-0.3, -0.25) is 0 Å². The number of hydrogen-bond acceptors (Lipinski definition) is 2. The monoisotopic (exact) mass is 324 g/mol. The molecule has 0 saturated heterocycles. The molecule has 0 radical (unpaired) electrons. The van der Waals surface area contributed by atoms with E-state index < -0.39 is 17.3 Å². The molecule has 0 bridgehead atoms. The van der Waals surface area contributed by atoms with Crippen molar-refractivity contribution in [3.8, 4) is 0 Å². The van der Waals surface area contributed by atoms with Gasteiger partial charge in [-0.1, -0.05) is 19.1 Å². The molecule has 128 valence electrons. The molecule has 2 saturated carbocycles. The molecule has 2 N–H and O–H groups in total. The van der Waals surface area contributed by atoms with Crippen molar-refractivity contribution in [3.63, 3.8) is 0 Å². The van der Waals surface area contributed by atoms with E-state index in [1.807, 2.05) is 12.2 Å². The Labute approximate surface area is 136 Å². The minimum absolute atomic E-state index is 0.0258. The Bertz CT molecular complexity index is 600. The standard InChI is InChI=1S/C19H26F2O2/c1-17-7-8-19(21)13(14(17)9-12(20)10-17)5-3-11-4-6-15(22)16(23)18(11,19)2/h3,5,11-14,22-23H,4,6-10H2,1-2H3/t11?,12-,13+,14+,17-,18-,19+/m1/s1. The molecule has 2 nitrogen and oxygen atoms in total. The van der Waals surface area contributed by atoms with Crippen LogP contribution in [-0.4, -0.2) is 22.1 Å². The Morgan fingerprint density at radius 1 is 1.17 bits per heavy atom. The van der Waals surface area contributed by atoms with Crippen LogP contribution in [0.25, 0.3) is 0 Å². The molecular formula is C19H26F2O2. The highest BCUT2D eigenvalue weighted by atomic mass is 19.1. The first-order valence-electron chi connectivity index (χ1n) is 8.85. The summed E-state index contributed by atoms with van der Waals surface area (Å²) in [5.41, 5.74) is -2.85. The highest BCUT2D eigenvalue weighted by Gasteiger charge is 2.68. The van der Waals surface area contributed by atoms with Gasteiger partial charge in [-0.25, -0.2) is 8.78 Å². The molecule has 4 rings (SSSR count). The molecule has 0 aromatic heterocycles. The highest BCUT2D eigenvalue weighted by Crippen LogP contribution is 2.68. The van der Waals surface area contributed by atoms with Crippen molar-refractivity contribution in [2.24, 2.45) is 28.6 Å². The number of fused-ring (bicyclic) bond motifs is 5. The summed E-state index contributed by atoms with van der Waals surface area (Å²) in [6.45, 7) is 3.84. The van der Waals surface area contributed by atoms with Gasteiger partial charge in [0.2, 0.25) is 0 Å². The van der Waals surface area contributed by atoms with Crippen LogP contribution in [0.1, 0.15) is 52.4 Å². The lowest BCUT2D eigenvalue weighted by Gasteiger charge is -2.59. The van der Waals surface area contributed by atoms with Crippen molar-refractivity contribution in [2.45, 2.75) is 64.2 Å². The third kappa shape index (κ3) is 1.73. The lowest BCUT2D eigenvalue weighted by molar-refractivity contribution is -0.138. The van der Waals surface area contributed by atoms with E-state index in [1.54, 1.807) is 6.92 Å². The van der Waals surface area contributed by atoms with E-state index in [2.05, 4.69) is 6.92 Å². The van der Waals surface area contributed by atoms with Crippen molar-refractivity contribution < 1.29 is 19.0 Å². The third-order valence-corrected chi connectivity index (χ3v) is 7.73. The van der Waals surface area contributed by atoms with Crippen molar-refractivity contribution in [1.82, 2.24) is 0 Å². The second-order valence-corrected chi connectivity index (χ2v) is 8.71. The van der Waals surface area contributed by atoms with Gasteiger partial charge < -0.3 is 10.2 Å². The van der Waals surface area contributed by atoms with Gasteiger partial charge in [0.05, 0.1) is 5.41 Å². The molecule has 0 heterocycles. The third-order valence-electron chi connectivity index (χ3n) is 7.73. The maximum atomic E-state index is 16.4. The molecular weight excluding hydrogens is 298 g/mol. The summed E-state index contributed by atoms with van der Waals surface area (Å²) in [6.07, 6.45) is 6.07. The summed E-state index contributed by atoms with van der Waals surface area (Å²) in [6, 6.07) is 0. The maximum absolute atomic E-state index is 16.4. The van der Waals surface area contributed by atoms with Crippen LogP contribution < -0.4 is 0 Å². The van der Waals surface area contributed by atoms with Gasteiger partial charge >= 0.3 is 0 Å². The Morgan fingerprint density at radius 3 is 2.65 bits per heavy atom. The van der Waals surface area contributed by atoms with Crippen LogP contribution in [0.2, 0.25) is 0 Å². The number of alkyl halides is 2. The number of rotatable bonds is 0. The van der Waals surface area contributed by atoms with Gasteiger partial charge in [-0.2, -0.15) is 0 Å². The maximum Gasteiger partial charge on any atom is 0.139 e. The fraction of sp³-hybridized carbons (Fsp3) is 0.789. The van der Waals surface area contributed by atoms with Gasteiger partial charge in [-0.05, 0) is 56.3 Å². The summed E-state index contributed by atoms with van der Waals surface area (Å²) in [4.78, 5) is 0. The van der Waals surface area contributed by atoms with Crippen LogP contribution >= 0.6 is 0 Å². The van der Waals surface area contributed by atoms with Gasteiger partial charge in [0.25, 0.3) is 0 Å². The fourth-order valence-corrected chi connectivity index (χ4v) is 6.24. The zero-order valence-corrected chi connectivity index (χ0v) is 13.9. The Morgan fingerprint density at radius 2 is 1.91 bits per heavy atom. The van der Waals surface area contributed by atoms with Gasteiger partial charge in [0, 0.05) is 12.3 Å². The molecule has 1 unspecified atom stereocenters. The molecule has 4 aliphatic carbocycles. The number of allylic oxidation sites excluding steroid dienone is 4. The van der Waals surface area contributed by atoms with E-state index in [0.717, 1.165) is 0 Å². The number of aliphatic hydroxyl groups is 2. The summed E-state index contributed by atoms with van der Waals surface area (Å²) in [5.74, 6) is -0.757. The first-order valence-corrected chi connectivity index (χ1v) is 8.85. The minimum atomic E-state index is -1.61. The lowest BCUT2D eigenvalue weighted by Crippen LogP contribution is -2.61. The van der Waals surface area contributed by atoms with Crippen molar-refractivity contribution in [2.75, 3.05) is 0 Å².